The van der Waals surface area contributed by atoms with Crippen molar-refractivity contribution in [2.75, 3.05) is 11.6 Å². The lowest BCUT2D eigenvalue weighted by molar-refractivity contribution is -0.159. The van der Waals surface area contributed by atoms with Crippen LogP contribution in [0.3, 0.4) is 0 Å². The molecule has 0 unspecified atom stereocenters. The number of rotatable bonds is 8. The average Bonchev–Trinajstić information content (AvgIpc) is 3.69. The maximum Gasteiger partial charge on any atom is 0.265 e. The van der Waals surface area contributed by atoms with E-state index in [0.29, 0.717) is 11.4 Å². The van der Waals surface area contributed by atoms with E-state index in [2.05, 4.69) is 10.6 Å². The summed E-state index contributed by atoms with van der Waals surface area (Å²) >= 11 is 0. The van der Waals surface area contributed by atoms with Gasteiger partial charge in [0.15, 0.2) is 23.0 Å². The Hall–Kier alpha value is -4.05. The molecule has 0 aromatic heterocycles. The summed E-state index contributed by atoms with van der Waals surface area (Å²) in [4.78, 5) is 46.8. The predicted molar refractivity (Wildman–Crippen MR) is 177 cm³/mol. The van der Waals surface area contributed by atoms with Gasteiger partial charge in [0, 0.05) is 11.7 Å². The van der Waals surface area contributed by atoms with Crippen LogP contribution in [0, 0.1) is 12.3 Å². The summed E-state index contributed by atoms with van der Waals surface area (Å²) in [5.74, 6) is -1.49. The number of aliphatic hydroxyl groups is 1. The fraction of sp³-hybridized carbons (Fsp3) is 0.447. The Morgan fingerprint density at radius 3 is 2.28 bits per heavy atom. The Morgan fingerprint density at radius 1 is 0.915 bits per heavy atom. The van der Waals surface area contributed by atoms with Gasteiger partial charge in [0.05, 0.1) is 18.4 Å². The van der Waals surface area contributed by atoms with E-state index in [9.17, 15) is 9.90 Å². The van der Waals surface area contributed by atoms with E-state index in [1.807, 2.05) is 19.1 Å². The predicted octanol–water partition coefficient (Wildman–Crippen LogP) is 5.14. The van der Waals surface area contributed by atoms with E-state index in [1.165, 1.54) is 4.90 Å². The second-order valence-electron chi connectivity index (χ2n) is 13.5. The first-order valence-corrected chi connectivity index (χ1v) is 17.0. The zero-order valence-electron chi connectivity index (χ0n) is 26.8. The van der Waals surface area contributed by atoms with Gasteiger partial charge in [0.25, 0.3) is 5.91 Å². The highest BCUT2D eigenvalue weighted by atomic mass is 16.5. The number of Topliss-reactive ketones (excluding diaryl/α,β-unsaturated/α-hetero) is 1. The largest absolute Gasteiger partial charge is 0.473 e. The molecule has 3 aromatic carbocycles. The molecular weight excluding hydrogens is 594 g/mol. The number of anilines is 1. The molecule has 2 amide bonds. The van der Waals surface area contributed by atoms with Gasteiger partial charge in [-0.2, -0.15) is 0 Å². The summed E-state index contributed by atoms with van der Waals surface area (Å²) in [5.41, 5.74) is -3.02. The third kappa shape index (κ3) is 5.25. The Kier molecular flexibility index (Phi) is 8.63. The first kappa shape index (κ1) is 31.5. The average molecular weight is 638 g/mol. The molecule has 0 radical (unpaired) electrons. The number of nitrogens with zero attached hydrogens (tertiary/aromatic N) is 1. The number of nitrogens with one attached hydrogen (secondary N) is 2. The van der Waals surface area contributed by atoms with Crippen LogP contribution in [0.2, 0.25) is 0 Å². The van der Waals surface area contributed by atoms with Crippen LogP contribution in [0.15, 0.2) is 78.9 Å². The van der Waals surface area contributed by atoms with E-state index in [1.54, 1.807) is 66.7 Å². The van der Waals surface area contributed by atoms with Crippen molar-refractivity contribution >= 4 is 23.3 Å². The van der Waals surface area contributed by atoms with Crippen LogP contribution in [0.25, 0.3) is 0 Å². The monoisotopic (exact) mass is 637 g/mol. The maximum absolute atomic E-state index is 15.5. The normalized spacial score (nSPS) is 28.0. The molecule has 246 valence electrons. The number of fused-ring (bicyclic) bond motifs is 1. The number of benzene rings is 3. The zero-order chi connectivity index (χ0) is 32.6. The lowest BCUT2D eigenvalue weighted by Gasteiger charge is -2.49. The third-order valence-corrected chi connectivity index (χ3v) is 10.5. The number of carbonyl (C=O) groups excluding carboxylic acids is 3. The number of aryl methyl sites for hydroxylation is 1. The highest BCUT2D eigenvalue weighted by Crippen LogP contribution is 2.59. The van der Waals surface area contributed by atoms with E-state index in [0.717, 1.165) is 63.4 Å². The highest BCUT2D eigenvalue weighted by molar-refractivity contribution is 6.20. The molecule has 3 N–H and O–H groups in total. The van der Waals surface area contributed by atoms with Crippen LogP contribution in [-0.2, 0) is 19.9 Å². The van der Waals surface area contributed by atoms with Crippen LogP contribution in [0.1, 0.15) is 79.3 Å². The maximum atomic E-state index is 15.5. The van der Waals surface area contributed by atoms with Gasteiger partial charge in [-0.05, 0) is 62.4 Å². The van der Waals surface area contributed by atoms with Gasteiger partial charge in [0.2, 0.25) is 5.91 Å². The molecule has 7 rings (SSSR count). The zero-order valence-corrected chi connectivity index (χ0v) is 26.8. The fourth-order valence-corrected chi connectivity index (χ4v) is 8.22. The number of amides is 2. The molecule has 1 saturated heterocycles. The van der Waals surface area contributed by atoms with Gasteiger partial charge in [-0.3, -0.25) is 24.6 Å². The smallest absolute Gasteiger partial charge is 0.265 e. The van der Waals surface area contributed by atoms with Crippen molar-refractivity contribution in [2.45, 2.75) is 94.7 Å². The molecular formula is C38H43N3O6. The molecule has 0 bridgehead atoms. The first-order chi connectivity index (χ1) is 22.9. The van der Waals surface area contributed by atoms with Crippen molar-refractivity contribution in [3.63, 3.8) is 0 Å². The summed E-state index contributed by atoms with van der Waals surface area (Å²) < 4.78 is 12.8. The quantitative estimate of drug-likeness (QED) is 0.293. The van der Waals surface area contributed by atoms with Crippen LogP contribution in [0.5, 0.6) is 5.75 Å². The Labute approximate surface area is 275 Å². The molecule has 3 fully saturated rings. The third-order valence-electron chi connectivity index (χ3n) is 10.5. The molecule has 2 saturated carbocycles. The van der Waals surface area contributed by atoms with Crippen LogP contribution >= 0.6 is 0 Å². The Bertz CT molecular complexity index is 1620. The van der Waals surface area contributed by atoms with Crippen molar-refractivity contribution in [3.05, 3.63) is 95.6 Å². The second-order valence-corrected chi connectivity index (χ2v) is 13.5. The standard InChI is InChI=1S/C38H43N3O6/c1-25-21-22-31-30(23-25)33(42)37(35(47-31)39-24-46-29-19-11-12-20-29)32(34(43)40-27-15-7-3-8-16-27)41(28-17-9-4-10-18-28)36(44)38(37,45)26-13-5-2-6-14-26/h2,4-6,9-10,13-14,17-18,21-23,27,29,32,35,39,45H,3,7-8,11-12,15-16,19-20,24H2,1H3,(H,40,43)/t32-,35+,37+,38-/m1/s1. The summed E-state index contributed by atoms with van der Waals surface area (Å²) in [6.45, 7) is 1.87. The topological polar surface area (TPSA) is 117 Å². The van der Waals surface area contributed by atoms with Gasteiger partial charge in [-0.15, -0.1) is 0 Å². The van der Waals surface area contributed by atoms with Crippen LogP contribution in [0.4, 0.5) is 5.69 Å². The van der Waals surface area contributed by atoms with Gasteiger partial charge in [0.1, 0.15) is 11.8 Å². The lowest BCUT2D eigenvalue weighted by atomic mass is 9.60. The van der Waals surface area contributed by atoms with E-state index < -0.39 is 40.9 Å². The molecule has 9 nitrogen and oxygen atoms in total. The van der Waals surface area contributed by atoms with Gasteiger partial charge in [-0.25, -0.2) is 0 Å². The number of hydrogen-bond donors (Lipinski definition) is 3. The SMILES string of the molecule is Cc1ccc2c(c1)C(=O)[C@]1([C@@H](NCOC3CCCC3)O2)[C@@H](C(=O)NC2CCCCC2)N(c2ccccc2)C(=O)[C@]1(O)c1ccccc1. The lowest BCUT2D eigenvalue weighted by Crippen LogP contribution is -2.71. The van der Waals surface area contributed by atoms with E-state index >= 15 is 9.59 Å². The minimum atomic E-state index is -2.50. The van der Waals surface area contributed by atoms with Crippen molar-refractivity contribution < 1.29 is 29.0 Å². The molecule has 3 aromatic rings. The van der Waals surface area contributed by atoms with E-state index in [4.69, 9.17) is 9.47 Å². The van der Waals surface area contributed by atoms with E-state index in [-0.39, 0.29) is 30.0 Å². The fourth-order valence-electron chi connectivity index (χ4n) is 8.22. The van der Waals surface area contributed by atoms with Crippen LogP contribution in [-0.4, -0.2) is 53.9 Å². The number of ketones is 1. The second kappa shape index (κ2) is 12.9. The Morgan fingerprint density at radius 2 is 1.57 bits per heavy atom. The highest BCUT2D eigenvalue weighted by Gasteiger charge is 2.79. The summed E-state index contributed by atoms with van der Waals surface area (Å²) in [7, 11) is 0. The molecule has 2 aliphatic carbocycles. The van der Waals surface area contributed by atoms with Gasteiger partial charge < -0.3 is 19.9 Å². The molecule has 4 atom stereocenters. The number of para-hydroxylation sites is 1. The van der Waals surface area contributed by atoms with Gasteiger partial charge >= 0.3 is 0 Å². The molecule has 4 aliphatic rings. The summed E-state index contributed by atoms with van der Waals surface area (Å²) in [5, 5.41) is 19.8. The molecule has 2 aliphatic heterocycles. The van der Waals surface area contributed by atoms with Crippen molar-refractivity contribution in [1.82, 2.24) is 10.6 Å². The van der Waals surface area contributed by atoms with Crippen molar-refractivity contribution in [2.24, 2.45) is 5.41 Å². The summed E-state index contributed by atoms with van der Waals surface area (Å²) in [6.07, 6.45) is 7.43. The number of carbonyl (C=O) groups is 3. The van der Waals surface area contributed by atoms with Crippen molar-refractivity contribution in [1.29, 1.82) is 0 Å². The first-order valence-electron chi connectivity index (χ1n) is 17.0. The molecule has 9 heteroatoms. The minimum Gasteiger partial charge on any atom is -0.473 e. The minimum absolute atomic E-state index is 0.00686. The number of hydrogen-bond acceptors (Lipinski definition) is 7. The summed E-state index contributed by atoms with van der Waals surface area (Å²) in [6, 6.07) is 21.0. The number of ether oxygens (including phenoxy) is 2. The molecule has 47 heavy (non-hydrogen) atoms. The molecule has 2 heterocycles. The van der Waals surface area contributed by atoms with Gasteiger partial charge in [-0.1, -0.05) is 92.3 Å². The Balaban J connectivity index is 1.45. The van der Waals surface area contributed by atoms with Crippen molar-refractivity contribution in [3.8, 4) is 5.75 Å². The molecule has 1 spiro atoms. The van der Waals surface area contributed by atoms with Crippen LogP contribution < -0.4 is 20.3 Å².